The van der Waals surface area contributed by atoms with E-state index in [9.17, 15) is 5.11 Å². The van der Waals surface area contributed by atoms with Crippen LogP contribution in [0.25, 0.3) is 0 Å². The molecule has 0 saturated heterocycles. The molecule has 1 heterocycles. The Kier molecular flexibility index (Phi) is 3.40. The van der Waals surface area contributed by atoms with E-state index in [1.165, 1.54) is 0 Å². The summed E-state index contributed by atoms with van der Waals surface area (Å²) in [5, 5.41) is 10.2. The van der Waals surface area contributed by atoms with Gasteiger partial charge in [-0.3, -0.25) is 4.98 Å². The van der Waals surface area contributed by atoms with Gasteiger partial charge in [-0.1, -0.05) is 18.2 Å². The van der Waals surface area contributed by atoms with E-state index in [0.717, 1.165) is 16.8 Å². The molecule has 0 radical (unpaired) electrons. The number of hydrogen-bond acceptors (Lipinski definition) is 3. The van der Waals surface area contributed by atoms with Crippen molar-refractivity contribution in [2.24, 2.45) is 0 Å². The SMILES string of the molecule is CN(C)c1cccc(C(O)c2cccnc2)c1. The van der Waals surface area contributed by atoms with Gasteiger partial charge < -0.3 is 10.0 Å². The van der Waals surface area contributed by atoms with Crippen LogP contribution < -0.4 is 4.90 Å². The maximum Gasteiger partial charge on any atom is 0.106 e. The highest BCUT2D eigenvalue weighted by atomic mass is 16.3. The zero-order chi connectivity index (χ0) is 12.3. The van der Waals surface area contributed by atoms with Gasteiger partial charge in [0.1, 0.15) is 6.10 Å². The maximum atomic E-state index is 10.2. The maximum absolute atomic E-state index is 10.2. The molecule has 17 heavy (non-hydrogen) atoms. The van der Waals surface area contributed by atoms with Gasteiger partial charge in [-0.25, -0.2) is 0 Å². The van der Waals surface area contributed by atoms with E-state index in [0.29, 0.717) is 0 Å². The van der Waals surface area contributed by atoms with Crippen LogP contribution in [0.1, 0.15) is 17.2 Å². The molecule has 88 valence electrons. The van der Waals surface area contributed by atoms with Crippen LogP contribution in [0.4, 0.5) is 5.69 Å². The Labute approximate surface area is 101 Å². The quantitative estimate of drug-likeness (QED) is 0.875. The highest BCUT2D eigenvalue weighted by Gasteiger charge is 2.10. The molecule has 3 heteroatoms. The van der Waals surface area contributed by atoms with Crippen LogP contribution in [0.5, 0.6) is 0 Å². The van der Waals surface area contributed by atoms with Crippen LogP contribution >= 0.6 is 0 Å². The molecule has 1 aromatic heterocycles. The van der Waals surface area contributed by atoms with E-state index in [-0.39, 0.29) is 0 Å². The Balaban J connectivity index is 2.31. The average molecular weight is 228 g/mol. The van der Waals surface area contributed by atoms with E-state index in [1.54, 1.807) is 12.4 Å². The number of nitrogens with zero attached hydrogens (tertiary/aromatic N) is 2. The van der Waals surface area contributed by atoms with Gasteiger partial charge >= 0.3 is 0 Å². The van der Waals surface area contributed by atoms with Crippen molar-refractivity contribution in [2.45, 2.75) is 6.10 Å². The first-order valence-electron chi connectivity index (χ1n) is 5.54. The number of aromatic nitrogens is 1. The van der Waals surface area contributed by atoms with Crippen molar-refractivity contribution < 1.29 is 5.11 Å². The topological polar surface area (TPSA) is 36.4 Å². The second-order valence-electron chi connectivity index (χ2n) is 4.18. The summed E-state index contributed by atoms with van der Waals surface area (Å²) < 4.78 is 0. The van der Waals surface area contributed by atoms with Crippen LogP contribution in [0, 0.1) is 0 Å². The van der Waals surface area contributed by atoms with Crippen molar-refractivity contribution in [1.29, 1.82) is 0 Å². The van der Waals surface area contributed by atoms with E-state index in [1.807, 2.05) is 55.4 Å². The minimum absolute atomic E-state index is 0.622. The standard InChI is InChI=1S/C14H16N2O/c1-16(2)13-7-3-5-11(9-13)14(17)12-6-4-8-15-10-12/h3-10,14,17H,1-2H3. The number of hydrogen-bond donors (Lipinski definition) is 1. The van der Waals surface area contributed by atoms with E-state index < -0.39 is 6.10 Å². The first-order chi connectivity index (χ1) is 8.18. The van der Waals surface area contributed by atoms with E-state index in [2.05, 4.69) is 4.98 Å². The molecule has 3 nitrogen and oxygen atoms in total. The highest BCUT2D eigenvalue weighted by molar-refractivity contribution is 5.48. The molecule has 2 rings (SSSR count). The molecule has 1 atom stereocenters. The third kappa shape index (κ3) is 2.63. The minimum Gasteiger partial charge on any atom is -0.384 e. The molecule has 0 aliphatic carbocycles. The number of rotatable bonds is 3. The Morgan fingerprint density at radius 3 is 2.53 bits per heavy atom. The summed E-state index contributed by atoms with van der Waals surface area (Å²) >= 11 is 0. The minimum atomic E-state index is -0.622. The Bertz CT molecular complexity index is 483. The number of aliphatic hydroxyl groups is 1. The average Bonchev–Trinajstić information content (AvgIpc) is 2.39. The number of benzene rings is 1. The van der Waals surface area contributed by atoms with E-state index in [4.69, 9.17) is 0 Å². The predicted molar refractivity (Wildman–Crippen MR) is 69.1 cm³/mol. The monoisotopic (exact) mass is 228 g/mol. The van der Waals surface area contributed by atoms with Crippen LogP contribution in [-0.4, -0.2) is 24.2 Å². The molecule has 0 spiro atoms. The lowest BCUT2D eigenvalue weighted by Gasteiger charge is -2.16. The molecule has 0 aliphatic heterocycles. The molecule has 0 bridgehead atoms. The second kappa shape index (κ2) is 4.97. The lowest BCUT2D eigenvalue weighted by atomic mass is 10.0. The fourth-order valence-electron chi connectivity index (χ4n) is 1.70. The summed E-state index contributed by atoms with van der Waals surface area (Å²) in [6.07, 6.45) is 2.77. The predicted octanol–water partition coefficient (Wildman–Crippen LogP) is 2.23. The van der Waals surface area contributed by atoms with Gasteiger partial charge in [-0.05, 0) is 23.8 Å². The smallest absolute Gasteiger partial charge is 0.106 e. The fraction of sp³-hybridized carbons (Fsp3) is 0.214. The van der Waals surface area contributed by atoms with Gasteiger partial charge in [0.25, 0.3) is 0 Å². The molecule has 1 unspecified atom stereocenters. The summed E-state index contributed by atoms with van der Waals surface area (Å²) in [6.45, 7) is 0. The largest absolute Gasteiger partial charge is 0.384 e. The summed E-state index contributed by atoms with van der Waals surface area (Å²) in [6, 6.07) is 11.6. The summed E-state index contributed by atoms with van der Waals surface area (Å²) in [5.41, 5.74) is 2.76. The number of pyridine rings is 1. The van der Waals surface area contributed by atoms with Gasteiger partial charge in [-0.15, -0.1) is 0 Å². The Hall–Kier alpha value is -1.87. The first-order valence-corrected chi connectivity index (χ1v) is 5.54. The number of aliphatic hydroxyl groups excluding tert-OH is 1. The lowest BCUT2D eigenvalue weighted by molar-refractivity contribution is 0.220. The van der Waals surface area contributed by atoms with Gasteiger partial charge in [-0.2, -0.15) is 0 Å². The number of anilines is 1. The lowest BCUT2D eigenvalue weighted by Crippen LogP contribution is -2.09. The normalized spacial score (nSPS) is 12.2. The van der Waals surface area contributed by atoms with Gasteiger partial charge in [0.15, 0.2) is 0 Å². The molecular weight excluding hydrogens is 212 g/mol. The zero-order valence-electron chi connectivity index (χ0n) is 10.0. The molecule has 1 N–H and O–H groups in total. The second-order valence-corrected chi connectivity index (χ2v) is 4.18. The third-order valence-electron chi connectivity index (χ3n) is 2.70. The molecule has 1 aromatic carbocycles. The fourth-order valence-corrected chi connectivity index (χ4v) is 1.70. The van der Waals surface area contributed by atoms with Crippen LogP contribution in [0.3, 0.4) is 0 Å². The molecule has 0 fully saturated rings. The summed E-state index contributed by atoms with van der Waals surface area (Å²) in [5.74, 6) is 0. The summed E-state index contributed by atoms with van der Waals surface area (Å²) in [4.78, 5) is 6.03. The molecule has 2 aromatic rings. The van der Waals surface area contributed by atoms with Crippen LogP contribution in [0.15, 0.2) is 48.8 Å². The molecule has 0 amide bonds. The van der Waals surface area contributed by atoms with Crippen molar-refractivity contribution in [3.8, 4) is 0 Å². The summed E-state index contributed by atoms with van der Waals surface area (Å²) in [7, 11) is 3.96. The van der Waals surface area contributed by atoms with Crippen molar-refractivity contribution in [2.75, 3.05) is 19.0 Å². The zero-order valence-corrected chi connectivity index (χ0v) is 10.0. The third-order valence-corrected chi connectivity index (χ3v) is 2.70. The van der Waals surface area contributed by atoms with Gasteiger partial charge in [0.2, 0.25) is 0 Å². The van der Waals surface area contributed by atoms with Crippen molar-refractivity contribution in [3.63, 3.8) is 0 Å². The Morgan fingerprint density at radius 2 is 1.88 bits per heavy atom. The molecule has 0 saturated carbocycles. The van der Waals surface area contributed by atoms with Crippen molar-refractivity contribution in [3.05, 3.63) is 59.9 Å². The van der Waals surface area contributed by atoms with Crippen molar-refractivity contribution >= 4 is 5.69 Å². The van der Waals surface area contributed by atoms with E-state index >= 15 is 0 Å². The first kappa shape index (κ1) is 11.6. The van der Waals surface area contributed by atoms with Crippen molar-refractivity contribution in [1.82, 2.24) is 4.98 Å². The van der Waals surface area contributed by atoms with Gasteiger partial charge in [0.05, 0.1) is 0 Å². The van der Waals surface area contributed by atoms with Gasteiger partial charge in [0, 0.05) is 37.7 Å². The molecular formula is C14H16N2O. The van der Waals surface area contributed by atoms with Crippen LogP contribution in [-0.2, 0) is 0 Å². The highest BCUT2D eigenvalue weighted by Crippen LogP contribution is 2.24. The Morgan fingerprint density at radius 1 is 1.12 bits per heavy atom. The molecule has 0 aliphatic rings. The van der Waals surface area contributed by atoms with Crippen LogP contribution in [0.2, 0.25) is 0 Å².